The summed E-state index contributed by atoms with van der Waals surface area (Å²) in [4.78, 5) is 15.3. The minimum Gasteiger partial charge on any atom is -0.340 e. The number of nitrogens with zero attached hydrogens (tertiary/aromatic N) is 6. The van der Waals surface area contributed by atoms with Crippen LogP contribution in [0.25, 0.3) is 21.5 Å². The summed E-state index contributed by atoms with van der Waals surface area (Å²) >= 11 is 1.87. The lowest BCUT2D eigenvalue weighted by molar-refractivity contribution is 0.475. The van der Waals surface area contributed by atoms with Gasteiger partial charge >= 0.3 is 0 Å². The Morgan fingerprint density at radius 2 is 1.94 bits per heavy atom. The molecule has 4 aromatic rings. The predicted molar refractivity (Wildman–Crippen MR) is 125 cm³/mol. The van der Waals surface area contributed by atoms with Crippen LogP contribution in [0.5, 0.6) is 0 Å². The van der Waals surface area contributed by atoms with Crippen molar-refractivity contribution in [2.75, 3.05) is 18.0 Å². The van der Waals surface area contributed by atoms with Gasteiger partial charge in [-0.2, -0.15) is 0 Å². The van der Waals surface area contributed by atoms with E-state index in [1.807, 2.05) is 23.0 Å². The number of rotatable bonds is 3. The molecule has 0 radical (unpaired) electrons. The van der Waals surface area contributed by atoms with Crippen LogP contribution in [0.1, 0.15) is 47.0 Å². The summed E-state index contributed by atoms with van der Waals surface area (Å²) in [7, 11) is 2.03. The Hall–Kier alpha value is -2.80. The van der Waals surface area contributed by atoms with Gasteiger partial charge in [-0.1, -0.05) is 29.8 Å². The van der Waals surface area contributed by atoms with Crippen molar-refractivity contribution in [2.24, 2.45) is 7.05 Å². The summed E-state index contributed by atoms with van der Waals surface area (Å²) in [6.07, 6.45) is 7.60. The standard InChI is InChI=1S/C24H26N6S/c1-15-8-10-16(11-9-15)21-20-18-6-3-7-19(18)31-23(20)27-24(26-21)30-12-4-5-17(13-30)22-28-25-14-29(22)2/h8-11,14,17H,3-7,12-13H2,1-2H3. The van der Waals surface area contributed by atoms with Gasteiger partial charge in [0.15, 0.2) is 0 Å². The maximum Gasteiger partial charge on any atom is 0.227 e. The first kappa shape index (κ1) is 18.9. The van der Waals surface area contributed by atoms with Gasteiger partial charge in [0, 0.05) is 41.9 Å². The number of thiophene rings is 1. The Kier molecular flexibility index (Phi) is 4.52. The number of hydrogen-bond donors (Lipinski definition) is 0. The monoisotopic (exact) mass is 430 g/mol. The van der Waals surface area contributed by atoms with Crippen LogP contribution in [-0.4, -0.2) is 37.8 Å². The molecule has 1 aromatic carbocycles. The largest absolute Gasteiger partial charge is 0.340 e. The van der Waals surface area contributed by atoms with Crippen molar-refractivity contribution in [3.05, 3.63) is 52.4 Å². The molecule has 1 saturated heterocycles. The number of aryl methyl sites for hydroxylation is 4. The van der Waals surface area contributed by atoms with Gasteiger partial charge in [0.05, 0.1) is 5.69 Å². The molecular formula is C24H26N6S. The summed E-state index contributed by atoms with van der Waals surface area (Å²) in [5.41, 5.74) is 5.04. The average molecular weight is 431 g/mol. The molecule has 3 aromatic heterocycles. The third-order valence-electron chi connectivity index (χ3n) is 6.69. The Balaban J connectivity index is 1.45. The van der Waals surface area contributed by atoms with Crippen LogP contribution in [0.4, 0.5) is 5.95 Å². The van der Waals surface area contributed by atoms with Crippen molar-refractivity contribution in [1.29, 1.82) is 0 Å². The van der Waals surface area contributed by atoms with E-state index in [2.05, 4.69) is 46.3 Å². The number of piperidine rings is 1. The molecule has 0 N–H and O–H groups in total. The molecule has 1 atom stereocenters. The van der Waals surface area contributed by atoms with Crippen molar-refractivity contribution in [2.45, 2.75) is 44.9 Å². The number of benzene rings is 1. The Labute approximate surface area is 186 Å². The van der Waals surface area contributed by atoms with Crippen molar-refractivity contribution in [1.82, 2.24) is 24.7 Å². The van der Waals surface area contributed by atoms with E-state index in [1.165, 1.54) is 39.8 Å². The number of fused-ring (bicyclic) bond motifs is 3. The molecule has 4 heterocycles. The third-order valence-corrected chi connectivity index (χ3v) is 7.88. The van der Waals surface area contributed by atoms with Crippen molar-refractivity contribution >= 4 is 27.5 Å². The zero-order valence-corrected chi connectivity index (χ0v) is 18.8. The van der Waals surface area contributed by atoms with E-state index >= 15 is 0 Å². The molecule has 7 heteroatoms. The Bertz CT molecular complexity index is 1260. The van der Waals surface area contributed by atoms with E-state index in [4.69, 9.17) is 9.97 Å². The SMILES string of the molecule is Cc1ccc(-c2nc(N3CCCC(c4nncn4C)C3)nc3sc4c(c23)CCC4)cc1. The van der Waals surface area contributed by atoms with Gasteiger partial charge in [-0.3, -0.25) is 0 Å². The first-order valence-electron chi connectivity index (χ1n) is 11.2. The van der Waals surface area contributed by atoms with Crippen LogP contribution >= 0.6 is 11.3 Å². The molecule has 2 aliphatic rings. The topological polar surface area (TPSA) is 59.7 Å². The molecule has 31 heavy (non-hydrogen) atoms. The van der Waals surface area contributed by atoms with Crippen LogP contribution in [0, 0.1) is 6.92 Å². The molecule has 1 aliphatic carbocycles. The molecule has 0 bridgehead atoms. The molecule has 1 aliphatic heterocycles. The maximum atomic E-state index is 5.19. The van der Waals surface area contributed by atoms with Gasteiger partial charge in [-0.15, -0.1) is 21.5 Å². The van der Waals surface area contributed by atoms with Crippen molar-refractivity contribution in [3.63, 3.8) is 0 Å². The molecule has 6 rings (SSSR count). The van der Waals surface area contributed by atoms with E-state index in [0.29, 0.717) is 5.92 Å². The Morgan fingerprint density at radius 1 is 1.06 bits per heavy atom. The van der Waals surface area contributed by atoms with Gasteiger partial charge < -0.3 is 9.47 Å². The molecule has 0 saturated carbocycles. The second-order valence-electron chi connectivity index (χ2n) is 8.86. The van der Waals surface area contributed by atoms with Crippen LogP contribution in [-0.2, 0) is 19.9 Å². The lowest BCUT2D eigenvalue weighted by Crippen LogP contribution is -2.36. The fraction of sp³-hybridized carbons (Fsp3) is 0.417. The van der Waals surface area contributed by atoms with Crippen molar-refractivity contribution < 1.29 is 0 Å². The number of anilines is 1. The Morgan fingerprint density at radius 3 is 2.74 bits per heavy atom. The molecule has 0 spiro atoms. The second-order valence-corrected chi connectivity index (χ2v) is 9.94. The van der Waals surface area contributed by atoms with Crippen molar-refractivity contribution in [3.8, 4) is 11.3 Å². The highest BCUT2D eigenvalue weighted by Gasteiger charge is 2.28. The lowest BCUT2D eigenvalue weighted by Gasteiger charge is -2.32. The lowest BCUT2D eigenvalue weighted by atomic mass is 9.97. The highest BCUT2D eigenvalue weighted by Crippen LogP contribution is 2.42. The highest BCUT2D eigenvalue weighted by atomic mass is 32.1. The smallest absolute Gasteiger partial charge is 0.227 e. The van der Waals surface area contributed by atoms with Gasteiger partial charge in [-0.25, -0.2) is 9.97 Å². The van der Waals surface area contributed by atoms with Crippen LogP contribution in [0.15, 0.2) is 30.6 Å². The quantitative estimate of drug-likeness (QED) is 0.473. The number of aromatic nitrogens is 5. The van der Waals surface area contributed by atoms with E-state index in [0.717, 1.165) is 54.6 Å². The normalized spacial score (nSPS) is 18.6. The second kappa shape index (κ2) is 7.41. The molecule has 0 amide bonds. The average Bonchev–Trinajstić information content (AvgIpc) is 3.49. The summed E-state index contributed by atoms with van der Waals surface area (Å²) < 4.78 is 2.04. The fourth-order valence-corrected chi connectivity index (χ4v) is 6.33. The first-order chi connectivity index (χ1) is 15.2. The van der Waals surface area contributed by atoms with E-state index in [1.54, 1.807) is 6.33 Å². The minimum atomic E-state index is 0.358. The third kappa shape index (κ3) is 3.22. The van der Waals surface area contributed by atoms with Crippen LogP contribution in [0.2, 0.25) is 0 Å². The number of hydrogen-bond acceptors (Lipinski definition) is 6. The highest BCUT2D eigenvalue weighted by molar-refractivity contribution is 7.19. The first-order valence-corrected chi connectivity index (χ1v) is 12.0. The molecular weight excluding hydrogens is 404 g/mol. The van der Waals surface area contributed by atoms with E-state index < -0.39 is 0 Å². The fourth-order valence-electron chi connectivity index (χ4n) is 5.08. The minimum absolute atomic E-state index is 0.358. The van der Waals surface area contributed by atoms with Gasteiger partial charge in [-0.05, 0) is 44.6 Å². The van der Waals surface area contributed by atoms with Crippen LogP contribution in [0.3, 0.4) is 0 Å². The molecule has 6 nitrogen and oxygen atoms in total. The maximum absolute atomic E-state index is 5.19. The molecule has 158 valence electrons. The van der Waals surface area contributed by atoms with Gasteiger partial charge in [0.2, 0.25) is 5.95 Å². The predicted octanol–water partition coefficient (Wildman–Crippen LogP) is 4.67. The van der Waals surface area contributed by atoms with Gasteiger partial charge in [0.25, 0.3) is 0 Å². The van der Waals surface area contributed by atoms with Crippen LogP contribution < -0.4 is 4.90 Å². The summed E-state index contributed by atoms with van der Waals surface area (Å²) in [6.45, 7) is 4.00. The molecule has 1 fully saturated rings. The zero-order valence-electron chi connectivity index (χ0n) is 18.0. The zero-order chi connectivity index (χ0) is 20.9. The van der Waals surface area contributed by atoms with E-state index in [-0.39, 0.29) is 0 Å². The summed E-state index contributed by atoms with van der Waals surface area (Å²) in [6, 6.07) is 8.78. The summed E-state index contributed by atoms with van der Waals surface area (Å²) in [5.74, 6) is 2.27. The molecule has 1 unspecified atom stereocenters. The van der Waals surface area contributed by atoms with Gasteiger partial charge in [0.1, 0.15) is 17.0 Å². The summed E-state index contributed by atoms with van der Waals surface area (Å²) in [5, 5.41) is 9.75. The van der Waals surface area contributed by atoms with E-state index in [9.17, 15) is 0 Å².